The molecule has 0 aliphatic heterocycles. The van der Waals surface area contributed by atoms with E-state index in [1.54, 1.807) is 0 Å². The van der Waals surface area contributed by atoms with Crippen LogP contribution in [0.4, 0.5) is 0 Å². The molecule has 0 aliphatic carbocycles. The Morgan fingerprint density at radius 3 is 0.667 bits per heavy atom. The number of thioether (sulfide) groups is 3. The first-order chi connectivity index (χ1) is 37.9. The fourth-order valence-corrected chi connectivity index (χ4v) is 10.4. The van der Waals surface area contributed by atoms with Gasteiger partial charge in [-0.2, -0.15) is 35.3 Å². The number of esters is 6. The Labute approximate surface area is 478 Å². The Hall–Kier alpha value is -3.72. The standard InChI is InChI=1S/C57H99N3O15S3/c1-4-7-10-13-16-19-22-25-37-70-49(61)28-43-76-46-31-52(64)73-40-34-58-55(67)59(35-41-74-53(65)32-47-77-44-29-50(62)71-38-26-23-20-17-14-11-8-5-2)57(69)60(56(58)68)36-42-75-54(66)33-48-78-45-30-51(63)72-39-27-24-21-18-15-12-9-6-3/h4-48H2,1-3H3. The highest BCUT2D eigenvalue weighted by atomic mass is 32.2. The van der Waals surface area contributed by atoms with E-state index < -0.39 is 54.6 Å². The molecule has 0 fully saturated rings. The molecular weight excluding hydrogens is 1060 g/mol. The minimum absolute atomic E-state index is 0.0161. The maximum atomic E-state index is 13.6. The van der Waals surface area contributed by atoms with Crippen molar-refractivity contribution in [3.63, 3.8) is 0 Å². The minimum atomic E-state index is -1.01. The van der Waals surface area contributed by atoms with Crippen LogP contribution in [0.3, 0.4) is 0 Å². The SMILES string of the molecule is CCCCCCCCCCOC(=O)CCSCCC(=O)OCCn1c(=O)n(CCOC(=O)CCSCCC(=O)OCCCCCCCCCC)c(=O)n(CCOC(=O)CCSCCC(=O)OCCCCCCCCCC)c1=O. The van der Waals surface area contributed by atoms with E-state index in [0.717, 1.165) is 71.5 Å². The number of carbonyl (C=O) groups is 6. The van der Waals surface area contributed by atoms with Crippen LogP contribution in [0.2, 0.25) is 0 Å². The van der Waals surface area contributed by atoms with Gasteiger partial charge in [0, 0.05) is 34.5 Å². The van der Waals surface area contributed by atoms with Gasteiger partial charge in [-0.25, -0.2) is 28.1 Å². The average Bonchev–Trinajstić information content (AvgIpc) is 3.42. The smallest absolute Gasteiger partial charge is 0.336 e. The molecule has 21 heteroatoms. The summed E-state index contributed by atoms with van der Waals surface area (Å²) in [4.78, 5) is 115. The number of hydrogen-bond donors (Lipinski definition) is 0. The van der Waals surface area contributed by atoms with Gasteiger partial charge in [-0.15, -0.1) is 0 Å². The minimum Gasteiger partial charge on any atom is -0.466 e. The highest BCUT2D eigenvalue weighted by molar-refractivity contribution is 7.99. The maximum Gasteiger partial charge on any atom is 0.336 e. The van der Waals surface area contributed by atoms with Gasteiger partial charge < -0.3 is 28.4 Å². The molecule has 0 aromatic carbocycles. The fourth-order valence-electron chi connectivity index (χ4n) is 7.95. The topological polar surface area (TPSA) is 224 Å². The monoisotopic (exact) mass is 1160 g/mol. The summed E-state index contributed by atoms with van der Waals surface area (Å²) in [5.74, 6) is -0.0602. The summed E-state index contributed by atoms with van der Waals surface area (Å²) in [7, 11) is 0. The second kappa shape index (κ2) is 51.4. The lowest BCUT2D eigenvalue weighted by Gasteiger charge is -2.14. The predicted octanol–water partition coefficient (Wildman–Crippen LogP) is 10.4. The molecule has 0 aliphatic rings. The zero-order chi connectivity index (χ0) is 57.1. The van der Waals surface area contributed by atoms with Crippen LogP contribution in [-0.2, 0) is 76.8 Å². The summed E-state index contributed by atoms with van der Waals surface area (Å²) in [6.07, 6.45) is 28.4. The van der Waals surface area contributed by atoms with Gasteiger partial charge in [0.1, 0.15) is 19.8 Å². The van der Waals surface area contributed by atoms with E-state index in [1.165, 1.54) is 132 Å². The van der Waals surface area contributed by atoms with Gasteiger partial charge in [-0.3, -0.25) is 28.8 Å². The van der Waals surface area contributed by atoms with E-state index >= 15 is 0 Å². The lowest BCUT2D eigenvalue weighted by atomic mass is 10.1. The highest BCUT2D eigenvalue weighted by Crippen LogP contribution is 2.13. The molecule has 0 atom stereocenters. The lowest BCUT2D eigenvalue weighted by Crippen LogP contribution is -2.55. The Morgan fingerprint density at radius 1 is 0.282 bits per heavy atom. The van der Waals surface area contributed by atoms with Gasteiger partial charge in [0.05, 0.1) is 78.0 Å². The van der Waals surface area contributed by atoms with Crippen molar-refractivity contribution in [2.45, 2.75) is 233 Å². The molecule has 0 amide bonds. The van der Waals surface area contributed by atoms with Crippen molar-refractivity contribution < 1.29 is 57.2 Å². The van der Waals surface area contributed by atoms with Crippen LogP contribution < -0.4 is 17.1 Å². The van der Waals surface area contributed by atoms with Gasteiger partial charge in [-0.05, 0) is 19.3 Å². The molecule has 1 aromatic heterocycles. The molecule has 450 valence electrons. The molecule has 1 rings (SSSR count). The molecule has 18 nitrogen and oxygen atoms in total. The third-order valence-corrected chi connectivity index (χ3v) is 15.6. The summed E-state index contributed by atoms with van der Waals surface area (Å²) >= 11 is 4.19. The van der Waals surface area contributed by atoms with E-state index in [9.17, 15) is 43.2 Å². The van der Waals surface area contributed by atoms with Gasteiger partial charge in [0.2, 0.25) is 0 Å². The Morgan fingerprint density at radius 2 is 0.462 bits per heavy atom. The third-order valence-electron chi connectivity index (χ3n) is 12.6. The van der Waals surface area contributed by atoms with E-state index in [1.807, 2.05) is 0 Å². The first-order valence-corrected chi connectivity index (χ1v) is 33.0. The van der Waals surface area contributed by atoms with Crippen molar-refractivity contribution in [3.8, 4) is 0 Å². The Kier molecular flexibility index (Phi) is 47.7. The predicted molar refractivity (Wildman–Crippen MR) is 312 cm³/mol. The van der Waals surface area contributed by atoms with E-state index in [0.29, 0.717) is 54.3 Å². The fraction of sp³-hybridized carbons (Fsp3) is 0.842. The molecule has 0 bridgehead atoms. The molecular formula is C57H99N3O15S3. The van der Waals surface area contributed by atoms with Crippen molar-refractivity contribution in [3.05, 3.63) is 31.5 Å². The number of carbonyl (C=O) groups excluding carboxylic acids is 6. The summed E-state index contributed by atoms with van der Waals surface area (Å²) in [5.41, 5.74) is -3.02. The number of ether oxygens (including phenoxy) is 6. The normalized spacial score (nSPS) is 11.1. The van der Waals surface area contributed by atoms with Crippen LogP contribution >= 0.6 is 35.3 Å². The van der Waals surface area contributed by atoms with Crippen molar-refractivity contribution in [2.24, 2.45) is 0 Å². The van der Waals surface area contributed by atoms with Crippen LogP contribution in [0.1, 0.15) is 213 Å². The van der Waals surface area contributed by atoms with Gasteiger partial charge in [0.25, 0.3) is 0 Å². The van der Waals surface area contributed by atoms with Gasteiger partial charge in [0.15, 0.2) is 0 Å². The Balaban J connectivity index is 2.66. The Bertz CT molecular complexity index is 1700. The van der Waals surface area contributed by atoms with Gasteiger partial charge >= 0.3 is 52.9 Å². The largest absolute Gasteiger partial charge is 0.466 e. The molecule has 1 heterocycles. The number of aromatic nitrogens is 3. The van der Waals surface area contributed by atoms with Gasteiger partial charge in [-0.1, -0.05) is 156 Å². The van der Waals surface area contributed by atoms with Crippen LogP contribution in [0, 0.1) is 0 Å². The maximum absolute atomic E-state index is 13.6. The molecule has 0 saturated heterocycles. The number of hydrogen-bond acceptors (Lipinski definition) is 18. The molecule has 1 aromatic rings. The molecule has 0 unspecified atom stereocenters. The molecule has 0 N–H and O–H groups in total. The number of unbranched alkanes of at least 4 members (excludes halogenated alkanes) is 21. The van der Waals surface area contributed by atoms with Crippen molar-refractivity contribution >= 4 is 71.1 Å². The molecule has 0 radical (unpaired) electrons. The summed E-state index contributed by atoms with van der Waals surface area (Å²) in [6.45, 7) is 5.52. The second-order valence-electron chi connectivity index (χ2n) is 19.4. The molecule has 78 heavy (non-hydrogen) atoms. The van der Waals surface area contributed by atoms with Crippen molar-refractivity contribution in [1.29, 1.82) is 0 Å². The number of rotatable bonds is 54. The van der Waals surface area contributed by atoms with E-state index in [2.05, 4.69) is 20.8 Å². The van der Waals surface area contributed by atoms with Crippen molar-refractivity contribution in [2.75, 3.05) is 74.2 Å². The highest BCUT2D eigenvalue weighted by Gasteiger charge is 2.18. The average molecular weight is 1160 g/mol. The summed E-state index contributed by atoms with van der Waals surface area (Å²) in [6, 6.07) is 0. The van der Waals surface area contributed by atoms with Crippen LogP contribution in [-0.4, -0.2) is 124 Å². The second-order valence-corrected chi connectivity index (χ2v) is 23.1. The quantitative estimate of drug-likeness (QED) is 0.0336. The molecule has 0 spiro atoms. The first kappa shape index (κ1) is 72.3. The zero-order valence-electron chi connectivity index (χ0n) is 48.0. The van der Waals surface area contributed by atoms with Crippen LogP contribution in [0.5, 0.6) is 0 Å². The van der Waals surface area contributed by atoms with Crippen molar-refractivity contribution in [1.82, 2.24) is 13.7 Å². The van der Waals surface area contributed by atoms with Crippen LogP contribution in [0.25, 0.3) is 0 Å². The lowest BCUT2D eigenvalue weighted by molar-refractivity contribution is -0.144. The molecule has 0 saturated carbocycles. The number of nitrogens with zero attached hydrogens (tertiary/aromatic N) is 3. The first-order valence-electron chi connectivity index (χ1n) is 29.6. The van der Waals surface area contributed by atoms with Crippen LogP contribution in [0.15, 0.2) is 14.4 Å². The zero-order valence-corrected chi connectivity index (χ0v) is 50.5. The summed E-state index contributed by atoms with van der Waals surface area (Å²) in [5, 5.41) is 0. The van der Waals surface area contributed by atoms with E-state index in [4.69, 9.17) is 28.4 Å². The summed E-state index contributed by atoms with van der Waals surface area (Å²) < 4.78 is 34.2. The third kappa shape index (κ3) is 40.5. The van der Waals surface area contributed by atoms with E-state index in [-0.39, 0.29) is 76.3 Å².